The van der Waals surface area contributed by atoms with Gasteiger partial charge in [-0.3, -0.25) is 10.1 Å². The minimum absolute atomic E-state index is 0.0126. The van der Waals surface area contributed by atoms with Crippen molar-refractivity contribution in [3.63, 3.8) is 0 Å². The Morgan fingerprint density at radius 1 is 1.12 bits per heavy atom. The Hall–Kier alpha value is -1.84. The fourth-order valence-electron chi connectivity index (χ4n) is 2.11. The van der Waals surface area contributed by atoms with Crippen LogP contribution >= 0.6 is 0 Å². The van der Waals surface area contributed by atoms with Crippen molar-refractivity contribution in [3.05, 3.63) is 35.9 Å². The number of imide groups is 1. The summed E-state index contributed by atoms with van der Waals surface area (Å²) >= 11 is 0. The van der Waals surface area contributed by atoms with E-state index in [0.717, 1.165) is 5.56 Å². The Balaban J connectivity index is 2.53. The van der Waals surface area contributed by atoms with Gasteiger partial charge in [0.05, 0.1) is 0 Å². The fraction of sp³-hybridized carbons (Fsp3) is 0.333. The molecule has 84 valence electrons. The van der Waals surface area contributed by atoms with Crippen LogP contribution in [0.2, 0.25) is 0 Å². The van der Waals surface area contributed by atoms with E-state index in [1.807, 2.05) is 44.2 Å². The van der Waals surface area contributed by atoms with Crippen molar-refractivity contribution in [1.29, 1.82) is 0 Å². The zero-order chi connectivity index (χ0) is 11.8. The standard InChI is InChI=1S/C12H14N2O2/c1-8(2)12(9-6-4-3-5-7-9)10(15)13-11(16)14-12/h3-8H,1-2H3,(H2,13,14,15,16)/t12-/m1/s1. The van der Waals surface area contributed by atoms with E-state index in [2.05, 4.69) is 10.6 Å². The van der Waals surface area contributed by atoms with Gasteiger partial charge in [0.25, 0.3) is 5.91 Å². The number of urea groups is 1. The number of carbonyl (C=O) groups excluding carboxylic acids is 2. The van der Waals surface area contributed by atoms with E-state index >= 15 is 0 Å². The van der Waals surface area contributed by atoms with Gasteiger partial charge >= 0.3 is 6.03 Å². The molecule has 1 aliphatic rings. The van der Waals surface area contributed by atoms with Crippen molar-refractivity contribution in [1.82, 2.24) is 10.6 Å². The Bertz CT molecular complexity index is 428. The average Bonchev–Trinajstić information content (AvgIpc) is 2.56. The molecule has 4 heteroatoms. The first-order valence-corrected chi connectivity index (χ1v) is 5.26. The van der Waals surface area contributed by atoms with Gasteiger partial charge in [-0.1, -0.05) is 44.2 Å². The predicted molar refractivity (Wildman–Crippen MR) is 59.6 cm³/mol. The molecule has 0 bridgehead atoms. The first-order valence-electron chi connectivity index (χ1n) is 5.26. The van der Waals surface area contributed by atoms with Crippen LogP contribution in [0.5, 0.6) is 0 Å². The second-order valence-corrected chi connectivity index (χ2v) is 4.24. The Morgan fingerprint density at radius 2 is 1.75 bits per heavy atom. The van der Waals surface area contributed by atoms with E-state index in [1.165, 1.54) is 0 Å². The Labute approximate surface area is 94.0 Å². The SMILES string of the molecule is CC(C)[C@]1(c2ccccc2)NC(=O)NC1=O. The van der Waals surface area contributed by atoms with E-state index in [0.29, 0.717) is 0 Å². The number of rotatable bonds is 2. The number of nitrogens with one attached hydrogen (secondary N) is 2. The third-order valence-electron chi connectivity index (χ3n) is 2.99. The van der Waals surface area contributed by atoms with Gasteiger partial charge in [0.1, 0.15) is 5.54 Å². The molecule has 1 atom stereocenters. The van der Waals surface area contributed by atoms with Gasteiger partial charge in [-0.05, 0) is 11.5 Å². The van der Waals surface area contributed by atoms with Crippen LogP contribution in [0.4, 0.5) is 4.79 Å². The lowest BCUT2D eigenvalue weighted by Gasteiger charge is -2.30. The van der Waals surface area contributed by atoms with Crippen LogP contribution in [-0.2, 0) is 10.3 Å². The lowest BCUT2D eigenvalue weighted by molar-refractivity contribution is -0.125. The van der Waals surface area contributed by atoms with E-state index in [4.69, 9.17) is 0 Å². The number of hydrogen-bond donors (Lipinski definition) is 2. The number of hydrogen-bond acceptors (Lipinski definition) is 2. The van der Waals surface area contributed by atoms with Crippen LogP contribution < -0.4 is 10.6 Å². The summed E-state index contributed by atoms with van der Waals surface area (Å²) < 4.78 is 0. The highest BCUT2D eigenvalue weighted by atomic mass is 16.2. The highest BCUT2D eigenvalue weighted by Gasteiger charge is 2.49. The van der Waals surface area contributed by atoms with Crippen LogP contribution in [0, 0.1) is 5.92 Å². The molecule has 2 N–H and O–H groups in total. The van der Waals surface area contributed by atoms with Crippen LogP contribution in [0.25, 0.3) is 0 Å². The molecule has 3 amide bonds. The molecule has 0 aliphatic carbocycles. The third-order valence-corrected chi connectivity index (χ3v) is 2.99. The maximum atomic E-state index is 12.0. The highest BCUT2D eigenvalue weighted by molar-refractivity contribution is 6.07. The Morgan fingerprint density at radius 3 is 2.19 bits per heavy atom. The summed E-state index contributed by atoms with van der Waals surface area (Å²) in [5, 5.41) is 5.03. The molecular formula is C12H14N2O2. The molecule has 1 aromatic carbocycles. The first kappa shape index (κ1) is 10.7. The van der Waals surface area contributed by atoms with Gasteiger partial charge in [0.2, 0.25) is 0 Å². The predicted octanol–water partition coefficient (Wildman–Crippen LogP) is 1.38. The normalized spacial score (nSPS) is 24.4. The summed E-state index contributed by atoms with van der Waals surface area (Å²) in [5.41, 5.74) is -0.119. The molecule has 1 heterocycles. The lowest BCUT2D eigenvalue weighted by Crippen LogP contribution is -2.48. The van der Waals surface area contributed by atoms with E-state index in [-0.39, 0.29) is 11.8 Å². The van der Waals surface area contributed by atoms with Gasteiger partial charge in [0, 0.05) is 0 Å². The molecule has 1 aliphatic heterocycles. The van der Waals surface area contributed by atoms with Crippen LogP contribution in [0.15, 0.2) is 30.3 Å². The average molecular weight is 218 g/mol. The van der Waals surface area contributed by atoms with Crippen LogP contribution in [-0.4, -0.2) is 11.9 Å². The molecule has 2 rings (SSSR count). The largest absolute Gasteiger partial charge is 0.322 e. The lowest BCUT2D eigenvalue weighted by atomic mass is 9.80. The maximum absolute atomic E-state index is 12.0. The van der Waals surface area contributed by atoms with Gasteiger partial charge in [-0.15, -0.1) is 0 Å². The summed E-state index contributed by atoms with van der Waals surface area (Å²) in [6, 6.07) is 8.87. The van der Waals surface area contributed by atoms with Gasteiger partial charge in [0.15, 0.2) is 0 Å². The van der Waals surface area contributed by atoms with Gasteiger partial charge < -0.3 is 5.32 Å². The molecular weight excluding hydrogens is 204 g/mol. The van der Waals surface area contributed by atoms with Crippen LogP contribution in [0.3, 0.4) is 0 Å². The second kappa shape index (κ2) is 3.63. The molecule has 1 fully saturated rings. The summed E-state index contributed by atoms with van der Waals surface area (Å²) in [6.07, 6.45) is 0. The van der Waals surface area contributed by atoms with E-state index in [9.17, 15) is 9.59 Å². The van der Waals surface area contributed by atoms with Gasteiger partial charge in [-0.2, -0.15) is 0 Å². The number of benzene rings is 1. The second-order valence-electron chi connectivity index (χ2n) is 4.24. The monoisotopic (exact) mass is 218 g/mol. The molecule has 0 unspecified atom stereocenters. The zero-order valence-corrected chi connectivity index (χ0v) is 9.28. The summed E-state index contributed by atoms with van der Waals surface area (Å²) in [6.45, 7) is 3.83. The smallest absolute Gasteiger partial charge is 0.319 e. The zero-order valence-electron chi connectivity index (χ0n) is 9.28. The number of carbonyl (C=O) groups is 2. The summed E-state index contributed by atoms with van der Waals surface area (Å²) in [7, 11) is 0. The number of amides is 3. The quantitative estimate of drug-likeness (QED) is 0.737. The molecule has 0 spiro atoms. The molecule has 1 aromatic rings. The molecule has 0 radical (unpaired) electrons. The van der Waals surface area contributed by atoms with Crippen molar-refractivity contribution in [2.45, 2.75) is 19.4 Å². The van der Waals surface area contributed by atoms with Gasteiger partial charge in [-0.25, -0.2) is 4.79 Å². The van der Waals surface area contributed by atoms with Crippen molar-refractivity contribution in [3.8, 4) is 0 Å². The Kier molecular flexibility index (Phi) is 2.42. The molecule has 0 aromatic heterocycles. The maximum Gasteiger partial charge on any atom is 0.322 e. The first-order chi connectivity index (χ1) is 7.57. The molecule has 1 saturated heterocycles. The topological polar surface area (TPSA) is 58.2 Å². The third kappa shape index (κ3) is 1.38. The van der Waals surface area contributed by atoms with E-state index < -0.39 is 11.6 Å². The van der Waals surface area contributed by atoms with Crippen molar-refractivity contribution >= 4 is 11.9 Å². The minimum Gasteiger partial charge on any atom is -0.319 e. The highest BCUT2D eigenvalue weighted by Crippen LogP contribution is 2.32. The molecule has 0 saturated carbocycles. The summed E-state index contributed by atoms with van der Waals surface area (Å²) in [5.74, 6) is -0.292. The van der Waals surface area contributed by atoms with Crippen LogP contribution in [0.1, 0.15) is 19.4 Å². The molecule has 4 nitrogen and oxygen atoms in total. The molecule has 16 heavy (non-hydrogen) atoms. The van der Waals surface area contributed by atoms with Crippen molar-refractivity contribution in [2.75, 3.05) is 0 Å². The summed E-state index contributed by atoms with van der Waals surface area (Å²) in [4.78, 5) is 23.3. The van der Waals surface area contributed by atoms with Crippen molar-refractivity contribution < 1.29 is 9.59 Å². The van der Waals surface area contributed by atoms with Crippen molar-refractivity contribution in [2.24, 2.45) is 5.92 Å². The fourth-order valence-corrected chi connectivity index (χ4v) is 2.11. The minimum atomic E-state index is -0.932. The van der Waals surface area contributed by atoms with E-state index in [1.54, 1.807) is 0 Å².